The molecule has 1 aliphatic rings. The van der Waals surface area contributed by atoms with E-state index in [1.807, 2.05) is 29.6 Å². The molecule has 0 bridgehead atoms. The third-order valence-electron chi connectivity index (χ3n) is 4.01. The van der Waals surface area contributed by atoms with Crippen molar-refractivity contribution in [3.63, 3.8) is 0 Å². The van der Waals surface area contributed by atoms with Crippen molar-refractivity contribution in [3.05, 3.63) is 46.5 Å². The highest BCUT2D eigenvalue weighted by Gasteiger charge is 2.27. The fourth-order valence-corrected chi connectivity index (χ4v) is 3.60. The van der Waals surface area contributed by atoms with Gasteiger partial charge < -0.3 is 9.73 Å². The molecule has 1 aliphatic carbocycles. The van der Waals surface area contributed by atoms with E-state index in [1.165, 1.54) is 24.2 Å². The highest BCUT2D eigenvalue weighted by molar-refractivity contribution is 7.12. The van der Waals surface area contributed by atoms with Crippen molar-refractivity contribution in [1.82, 2.24) is 5.32 Å². The standard InChI is InChI=1S/C16H19NO2S/c18-16(15-8-4-10-20-15)17-14-7-2-1-5-12(14)11-13-6-3-9-19-13/h3-4,6,8-10,12,14H,1-2,5,7,11H2,(H,17,18)/t12-,14-/m1/s1. The van der Waals surface area contributed by atoms with Crippen molar-refractivity contribution < 1.29 is 9.21 Å². The molecule has 1 N–H and O–H groups in total. The summed E-state index contributed by atoms with van der Waals surface area (Å²) in [5, 5.41) is 5.15. The molecule has 1 fully saturated rings. The van der Waals surface area contributed by atoms with Gasteiger partial charge in [-0.1, -0.05) is 18.9 Å². The summed E-state index contributed by atoms with van der Waals surface area (Å²) in [5.74, 6) is 1.57. The fourth-order valence-electron chi connectivity index (χ4n) is 2.98. The first-order valence-corrected chi connectivity index (χ1v) is 8.07. The zero-order valence-corrected chi connectivity index (χ0v) is 12.2. The smallest absolute Gasteiger partial charge is 0.261 e. The summed E-state index contributed by atoms with van der Waals surface area (Å²) in [6, 6.07) is 8.01. The van der Waals surface area contributed by atoms with E-state index in [-0.39, 0.29) is 11.9 Å². The predicted molar refractivity (Wildman–Crippen MR) is 79.9 cm³/mol. The Morgan fingerprint density at radius 2 is 2.20 bits per heavy atom. The Balaban J connectivity index is 1.64. The summed E-state index contributed by atoms with van der Waals surface area (Å²) in [6.45, 7) is 0. The first-order chi connectivity index (χ1) is 9.83. The van der Waals surface area contributed by atoms with Crippen molar-refractivity contribution >= 4 is 17.2 Å². The van der Waals surface area contributed by atoms with Crippen molar-refractivity contribution in [2.24, 2.45) is 5.92 Å². The van der Waals surface area contributed by atoms with Gasteiger partial charge in [0.15, 0.2) is 0 Å². The van der Waals surface area contributed by atoms with Crippen LogP contribution in [-0.4, -0.2) is 11.9 Å². The van der Waals surface area contributed by atoms with E-state index in [2.05, 4.69) is 5.32 Å². The molecule has 1 amide bonds. The van der Waals surface area contributed by atoms with E-state index in [9.17, 15) is 4.79 Å². The van der Waals surface area contributed by atoms with E-state index < -0.39 is 0 Å². The van der Waals surface area contributed by atoms with Crippen LogP contribution in [0.5, 0.6) is 0 Å². The zero-order valence-electron chi connectivity index (χ0n) is 11.4. The minimum atomic E-state index is 0.0661. The number of amides is 1. The lowest BCUT2D eigenvalue weighted by Gasteiger charge is -2.31. The molecule has 4 heteroatoms. The topological polar surface area (TPSA) is 42.2 Å². The third kappa shape index (κ3) is 3.12. The van der Waals surface area contributed by atoms with Gasteiger partial charge in [0.05, 0.1) is 11.1 Å². The minimum Gasteiger partial charge on any atom is -0.469 e. The number of carbonyl (C=O) groups excluding carboxylic acids is 1. The largest absolute Gasteiger partial charge is 0.469 e. The van der Waals surface area contributed by atoms with Gasteiger partial charge in [-0.3, -0.25) is 4.79 Å². The molecule has 0 radical (unpaired) electrons. The molecule has 2 atom stereocenters. The summed E-state index contributed by atoms with van der Waals surface area (Å²) >= 11 is 1.50. The Hall–Kier alpha value is -1.55. The van der Waals surface area contributed by atoms with Crippen LogP contribution in [0.1, 0.15) is 41.1 Å². The number of furan rings is 1. The summed E-state index contributed by atoms with van der Waals surface area (Å²) in [4.78, 5) is 13.0. The molecule has 2 aromatic heterocycles. The van der Waals surface area contributed by atoms with Crippen molar-refractivity contribution in [2.45, 2.75) is 38.1 Å². The molecule has 1 saturated carbocycles. The molecular weight excluding hydrogens is 270 g/mol. The summed E-state index contributed by atoms with van der Waals surface area (Å²) in [6.07, 6.45) is 7.32. The molecule has 3 rings (SSSR count). The molecule has 0 unspecified atom stereocenters. The Kier molecular flexibility index (Phi) is 4.21. The van der Waals surface area contributed by atoms with Gasteiger partial charge in [-0.15, -0.1) is 11.3 Å². The first-order valence-electron chi connectivity index (χ1n) is 7.19. The number of rotatable bonds is 4. The number of hydrogen-bond donors (Lipinski definition) is 1. The van der Waals surface area contributed by atoms with Gasteiger partial charge in [-0.05, 0) is 42.3 Å². The maximum absolute atomic E-state index is 12.2. The van der Waals surface area contributed by atoms with Crippen LogP contribution < -0.4 is 5.32 Å². The maximum Gasteiger partial charge on any atom is 0.261 e. The van der Waals surface area contributed by atoms with Gasteiger partial charge in [0.25, 0.3) is 5.91 Å². The van der Waals surface area contributed by atoms with Crippen LogP contribution in [0.3, 0.4) is 0 Å². The summed E-state index contributed by atoms with van der Waals surface area (Å²) < 4.78 is 5.45. The Morgan fingerprint density at radius 1 is 1.30 bits per heavy atom. The predicted octanol–water partition coefficient (Wildman–Crippen LogP) is 3.87. The van der Waals surface area contributed by atoms with Crippen LogP contribution in [0.25, 0.3) is 0 Å². The normalized spacial score (nSPS) is 22.6. The Bertz CT molecular complexity index is 533. The summed E-state index contributed by atoms with van der Waals surface area (Å²) in [5.41, 5.74) is 0. The molecular formula is C16H19NO2S. The number of hydrogen-bond acceptors (Lipinski definition) is 3. The van der Waals surface area contributed by atoms with Crippen LogP contribution >= 0.6 is 11.3 Å². The summed E-state index contributed by atoms with van der Waals surface area (Å²) in [7, 11) is 0. The second kappa shape index (κ2) is 6.27. The van der Waals surface area contributed by atoms with Gasteiger partial charge in [0.2, 0.25) is 0 Å². The number of carbonyl (C=O) groups is 1. The van der Waals surface area contributed by atoms with E-state index in [1.54, 1.807) is 6.26 Å². The van der Waals surface area contributed by atoms with Crippen molar-refractivity contribution in [2.75, 3.05) is 0 Å². The SMILES string of the molecule is O=C(N[C@@H]1CCCC[C@@H]1Cc1ccco1)c1cccs1. The monoisotopic (exact) mass is 289 g/mol. The van der Waals surface area contributed by atoms with Crippen LogP contribution in [0.4, 0.5) is 0 Å². The zero-order chi connectivity index (χ0) is 13.8. The first kappa shape index (κ1) is 13.4. The second-order valence-electron chi connectivity index (χ2n) is 5.39. The van der Waals surface area contributed by atoms with E-state index in [4.69, 9.17) is 4.42 Å². The molecule has 0 aromatic carbocycles. The quantitative estimate of drug-likeness (QED) is 0.928. The average Bonchev–Trinajstić information content (AvgIpc) is 3.13. The van der Waals surface area contributed by atoms with Gasteiger partial charge in [0, 0.05) is 12.5 Å². The second-order valence-corrected chi connectivity index (χ2v) is 6.33. The van der Waals surface area contributed by atoms with Gasteiger partial charge in [0.1, 0.15) is 5.76 Å². The third-order valence-corrected chi connectivity index (χ3v) is 4.88. The van der Waals surface area contributed by atoms with Crippen molar-refractivity contribution in [3.8, 4) is 0 Å². The molecule has 20 heavy (non-hydrogen) atoms. The number of thiophene rings is 1. The van der Waals surface area contributed by atoms with E-state index in [0.29, 0.717) is 5.92 Å². The Morgan fingerprint density at radius 3 is 2.95 bits per heavy atom. The van der Waals surface area contributed by atoms with Crippen LogP contribution in [0.2, 0.25) is 0 Å². The lowest BCUT2D eigenvalue weighted by Crippen LogP contribution is -2.42. The molecule has 3 nitrogen and oxygen atoms in total. The molecule has 0 aliphatic heterocycles. The lowest BCUT2D eigenvalue weighted by atomic mass is 9.82. The van der Waals surface area contributed by atoms with Gasteiger partial charge in [-0.2, -0.15) is 0 Å². The molecule has 2 heterocycles. The minimum absolute atomic E-state index is 0.0661. The molecule has 2 aromatic rings. The van der Waals surface area contributed by atoms with Crippen molar-refractivity contribution in [1.29, 1.82) is 0 Å². The van der Waals surface area contributed by atoms with Crippen LogP contribution in [0, 0.1) is 5.92 Å². The molecule has 106 valence electrons. The average molecular weight is 289 g/mol. The maximum atomic E-state index is 12.2. The molecule has 0 saturated heterocycles. The highest BCUT2D eigenvalue weighted by Crippen LogP contribution is 2.28. The fraction of sp³-hybridized carbons (Fsp3) is 0.438. The van der Waals surface area contributed by atoms with Gasteiger partial charge in [-0.25, -0.2) is 0 Å². The van der Waals surface area contributed by atoms with Gasteiger partial charge >= 0.3 is 0 Å². The van der Waals surface area contributed by atoms with E-state index >= 15 is 0 Å². The Labute approximate surface area is 123 Å². The van der Waals surface area contributed by atoms with Crippen LogP contribution in [-0.2, 0) is 6.42 Å². The van der Waals surface area contributed by atoms with Crippen LogP contribution in [0.15, 0.2) is 40.3 Å². The lowest BCUT2D eigenvalue weighted by molar-refractivity contribution is 0.0908. The number of nitrogens with one attached hydrogen (secondary N) is 1. The molecule has 0 spiro atoms. The highest BCUT2D eigenvalue weighted by atomic mass is 32.1. The van der Waals surface area contributed by atoms with E-state index in [0.717, 1.165) is 29.9 Å².